The molecule has 1 saturated heterocycles. The van der Waals surface area contributed by atoms with Gasteiger partial charge in [0.05, 0.1) is 19.4 Å². The van der Waals surface area contributed by atoms with Crippen LogP contribution in [0, 0.1) is 62.1 Å². The van der Waals surface area contributed by atoms with Crippen LogP contribution in [-0.4, -0.2) is 70.9 Å². The molecule has 8 nitrogen and oxygen atoms in total. The second-order valence-corrected chi connectivity index (χ2v) is 21.2. The topological polar surface area (TPSA) is 104 Å². The van der Waals surface area contributed by atoms with Crippen LogP contribution in [0.2, 0.25) is 0 Å². The van der Waals surface area contributed by atoms with E-state index in [1.165, 1.54) is 24.8 Å². The van der Waals surface area contributed by atoms with Crippen molar-refractivity contribution in [3.63, 3.8) is 0 Å². The number of rotatable bonds is 10. The average Bonchev–Trinajstić information content (AvgIpc) is 3.42. The van der Waals surface area contributed by atoms with Crippen LogP contribution in [0.15, 0.2) is 12.2 Å². The number of carbonyl (C=O) groups excluding carboxylic acids is 3. The Kier molecular flexibility index (Phi) is 10.6. The number of carbonyl (C=O) groups is 4. The van der Waals surface area contributed by atoms with Crippen molar-refractivity contribution in [3.05, 3.63) is 12.2 Å². The van der Waals surface area contributed by atoms with Crippen molar-refractivity contribution >= 4 is 23.8 Å². The van der Waals surface area contributed by atoms with Crippen molar-refractivity contribution in [2.45, 2.75) is 158 Å². The molecule has 0 aromatic rings. The average molecular weight is 737 g/mol. The van der Waals surface area contributed by atoms with Crippen LogP contribution >= 0.6 is 0 Å². The summed E-state index contributed by atoms with van der Waals surface area (Å²) in [6.45, 7) is 27.3. The highest BCUT2D eigenvalue weighted by Crippen LogP contribution is 2.78. The summed E-state index contributed by atoms with van der Waals surface area (Å²) in [6, 6.07) is 0. The Labute approximate surface area is 320 Å². The Morgan fingerprint density at radius 3 is 2.25 bits per heavy atom. The summed E-state index contributed by atoms with van der Waals surface area (Å²) in [4.78, 5) is 55.6. The minimum absolute atomic E-state index is 0.0261. The Hall–Kier alpha value is -2.38. The van der Waals surface area contributed by atoms with E-state index in [0.29, 0.717) is 49.1 Å². The lowest BCUT2D eigenvalue weighted by molar-refractivity contribution is -0.250. The van der Waals surface area contributed by atoms with E-state index in [9.17, 15) is 24.3 Å². The van der Waals surface area contributed by atoms with Crippen molar-refractivity contribution in [1.29, 1.82) is 0 Å². The van der Waals surface area contributed by atoms with Crippen LogP contribution in [0.25, 0.3) is 0 Å². The minimum Gasteiger partial charge on any atom is -0.481 e. The lowest BCUT2D eigenvalue weighted by Crippen LogP contribution is -2.67. The first kappa shape index (κ1) is 40.3. The number of carboxylic acid groups (broad SMARTS) is 1. The molecule has 0 unspecified atom stereocenters. The van der Waals surface area contributed by atoms with Gasteiger partial charge in [-0.3, -0.25) is 19.2 Å². The van der Waals surface area contributed by atoms with Crippen molar-refractivity contribution < 1.29 is 29.0 Å². The molecule has 0 spiro atoms. The number of fused-ring (bicyclic) bond motifs is 7. The zero-order valence-corrected chi connectivity index (χ0v) is 34.8. The molecule has 6 rings (SSSR count). The van der Waals surface area contributed by atoms with Crippen molar-refractivity contribution in [1.82, 2.24) is 9.80 Å². The molecule has 1 N–H and O–H groups in total. The van der Waals surface area contributed by atoms with Gasteiger partial charge in [0.25, 0.3) is 0 Å². The van der Waals surface area contributed by atoms with Crippen molar-refractivity contribution in [2.24, 2.45) is 62.1 Å². The maximum Gasteiger partial charge on any atom is 0.306 e. The van der Waals surface area contributed by atoms with Gasteiger partial charge in [0.1, 0.15) is 6.10 Å². The Balaban J connectivity index is 1.22. The fraction of sp³-hybridized carbons (Fsp3) is 0.867. The first-order chi connectivity index (χ1) is 24.6. The molecule has 0 aromatic carbocycles. The van der Waals surface area contributed by atoms with E-state index < -0.39 is 11.4 Å². The summed E-state index contributed by atoms with van der Waals surface area (Å²) >= 11 is 0. The van der Waals surface area contributed by atoms with Crippen LogP contribution in [0.1, 0.15) is 152 Å². The summed E-state index contributed by atoms with van der Waals surface area (Å²) < 4.78 is 6.28. The van der Waals surface area contributed by atoms with Gasteiger partial charge in [-0.2, -0.15) is 0 Å². The Morgan fingerprint density at radius 2 is 1.60 bits per heavy atom. The van der Waals surface area contributed by atoms with E-state index in [-0.39, 0.29) is 70.3 Å². The fourth-order valence-electron chi connectivity index (χ4n) is 14.7. The molecule has 0 aromatic heterocycles. The van der Waals surface area contributed by atoms with Crippen LogP contribution in [0.5, 0.6) is 0 Å². The molecule has 1 heterocycles. The van der Waals surface area contributed by atoms with E-state index in [1.54, 1.807) is 0 Å². The van der Waals surface area contributed by atoms with E-state index >= 15 is 0 Å². The second kappa shape index (κ2) is 14.0. The monoisotopic (exact) mass is 737 g/mol. The molecule has 2 amide bonds. The van der Waals surface area contributed by atoms with Crippen LogP contribution in [-0.2, 0) is 23.9 Å². The number of aliphatic carboxylic acids is 1. The minimum atomic E-state index is -0.889. The zero-order valence-electron chi connectivity index (χ0n) is 34.8. The number of hydrogen-bond acceptors (Lipinski definition) is 5. The standard InChI is InChI=1S/C45H72N2O6/c1-11-22-46-23-24-47(28-36(46)49)35(48)25-45-19-14-30(29(2)3)39(45)31-12-13-33-42(8)17-16-34(53-38(52)27-40(4,5)26-37(50)51)41(6,7)32(42)15-18-44(33,10)43(31,9)20-21-45/h30-34,39H,2,11-28H2,1,3-10H3,(H,50,51)/t30-,31+,32-,33+,34-,39+,42-,43+,44+,45+/m0/s1. The first-order valence-corrected chi connectivity index (χ1v) is 21.3. The number of hydrogen-bond donors (Lipinski definition) is 1. The molecule has 8 heteroatoms. The van der Waals surface area contributed by atoms with Gasteiger partial charge in [0.15, 0.2) is 0 Å². The molecule has 6 fully saturated rings. The highest BCUT2D eigenvalue weighted by molar-refractivity contribution is 5.86. The third-order valence-electron chi connectivity index (χ3n) is 17.4. The van der Waals surface area contributed by atoms with E-state index in [4.69, 9.17) is 4.74 Å². The number of carboxylic acids is 1. The third kappa shape index (κ3) is 6.70. The van der Waals surface area contributed by atoms with E-state index in [1.807, 2.05) is 23.6 Å². The molecular weight excluding hydrogens is 665 g/mol. The zero-order chi connectivity index (χ0) is 38.9. The molecule has 5 saturated carbocycles. The molecule has 0 radical (unpaired) electrons. The van der Waals surface area contributed by atoms with Crippen molar-refractivity contribution in [3.8, 4) is 0 Å². The second-order valence-electron chi connectivity index (χ2n) is 21.2. The molecule has 0 bridgehead atoms. The van der Waals surface area contributed by atoms with Gasteiger partial charge in [0.2, 0.25) is 11.8 Å². The smallest absolute Gasteiger partial charge is 0.306 e. The van der Waals surface area contributed by atoms with Crippen molar-refractivity contribution in [2.75, 3.05) is 26.2 Å². The van der Waals surface area contributed by atoms with Gasteiger partial charge in [-0.1, -0.05) is 67.5 Å². The summed E-state index contributed by atoms with van der Waals surface area (Å²) in [5.74, 6) is 1.54. The maximum atomic E-state index is 14.2. The Bertz CT molecular complexity index is 1490. The quantitative estimate of drug-likeness (QED) is 0.178. The van der Waals surface area contributed by atoms with Gasteiger partial charge in [-0.25, -0.2) is 0 Å². The molecule has 6 aliphatic rings. The summed E-state index contributed by atoms with van der Waals surface area (Å²) in [5, 5.41) is 9.36. The predicted molar refractivity (Wildman–Crippen MR) is 208 cm³/mol. The molecule has 10 atom stereocenters. The summed E-state index contributed by atoms with van der Waals surface area (Å²) in [6.07, 6.45) is 12.4. The van der Waals surface area contributed by atoms with Gasteiger partial charge in [-0.15, -0.1) is 0 Å². The van der Waals surface area contributed by atoms with Crippen LogP contribution < -0.4 is 0 Å². The van der Waals surface area contributed by atoms with Gasteiger partial charge in [-0.05, 0) is 134 Å². The lowest BCUT2D eigenvalue weighted by atomic mass is 9.32. The normalized spacial score (nSPS) is 40.7. The number of nitrogens with zero attached hydrogens (tertiary/aromatic N) is 2. The fourth-order valence-corrected chi connectivity index (χ4v) is 14.7. The van der Waals surface area contributed by atoms with Gasteiger partial charge < -0.3 is 19.6 Å². The van der Waals surface area contributed by atoms with Gasteiger partial charge >= 0.3 is 11.9 Å². The number of esters is 1. The molecule has 298 valence electrons. The number of allylic oxidation sites excluding steroid dienone is 1. The molecule has 53 heavy (non-hydrogen) atoms. The molecule has 5 aliphatic carbocycles. The summed E-state index contributed by atoms with van der Waals surface area (Å²) in [5.41, 5.74) is 0.888. The highest BCUT2D eigenvalue weighted by atomic mass is 16.5. The number of amides is 2. The van der Waals surface area contributed by atoms with E-state index in [2.05, 4.69) is 55.0 Å². The van der Waals surface area contributed by atoms with Gasteiger partial charge in [0, 0.05) is 31.5 Å². The maximum absolute atomic E-state index is 14.2. The molecule has 1 aliphatic heterocycles. The van der Waals surface area contributed by atoms with Crippen LogP contribution in [0.4, 0.5) is 0 Å². The van der Waals surface area contributed by atoms with E-state index in [0.717, 1.165) is 57.9 Å². The lowest BCUT2D eigenvalue weighted by Gasteiger charge is -2.73. The Morgan fingerprint density at radius 1 is 0.887 bits per heavy atom. The third-order valence-corrected chi connectivity index (χ3v) is 17.4. The SMILES string of the molecule is C=C(C)[C@@H]1CC[C@]2(CC(=O)N3CCN(CCC)C(=O)C3)CC[C@]3(C)[C@H](CC[C@@H]4[C@@]5(C)CC[C@H](OC(=O)CC(C)(C)CC(=O)O)C(C)(C)[C@@H]5CC[C@]43C)[C@@H]12. The van der Waals surface area contributed by atoms with Crippen LogP contribution in [0.3, 0.4) is 0 Å². The predicted octanol–water partition coefficient (Wildman–Crippen LogP) is 8.92. The number of piperazine rings is 1. The molecular formula is C45H72N2O6. The summed E-state index contributed by atoms with van der Waals surface area (Å²) in [7, 11) is 0. The first-order valence-electron chi connectivity index (χ1n) is 21.3. The number of ether oxygens (including phenoxy) is 1. The highest BCUT2D eigenvalue weighted by Gasteiger charge is 2.71. The largest absolute Gasteiger partial charge is 0.481 e.